The summed E-state index contributed by atoms with van der Waals surface area (Å²) in [6.07, 6.45) is 11.0. The Hall–Kier alpha value is -1.60. The molecule has 3 aromatic rings. The van der Waals surface area contributed by atoms with E-state index < -0.39 is 0 Å². The monoisotopic (exact) mass is 484 g/mol. The van der Waals surface area contributed by atoms with Gasteiger partial charge in [-0.05, 0) is 6.42 Å². The van der Waals surface area contributed by atoms with Crippen molar-refractivity contribution in [1.82, 2.24) is 0 Å². The molecule has 0 saturated carbocycles. The van der Waals surface area contributed by atoms with Crippen LogP contribution in [0.25, 0.3) is 11.1 Å². The van der Waals surface area contributed by atoms with E-state index in [4.69, 9.17) is 3.29 Å². The maximum Gasteiger partial charge on any atom is -0.0253 e. The molecule has 0 aliphatic heterocycles. The molecule has 5 rings (SSSR count). The van der Waals surface area contributed by atoms with Gasteiger partial charge in [0, 0.05) is 0 Å². The summed E-state index contributed by atoms with van der Waals surface area (Å²) in [4.78, 5) is 0. The normalized spacial score (nSPS) is 10.7. The van der Waals surface area contributed by atoms with Crippen molar-refractivity contribution in [2.45, 2.75) is 12.8 Å². The van der Waals surface area contributed by atoms with Crippen molar-refractivity contribution in [3.8, 4) is 11.1 Å². The van der Waals surface area contributed by atoms with E-state index in [0.717, 1.165) is 37.4 Å². The van der Waals surface area contributed by atoms with E-state index in [-0.39, 0.29) is 24.8 Å². The molecule has 0 fully saturated rings. The fraction of sp³-hybridized carbons (Fsp3) is 0.0833. The van der Waals surface area contributed by atoms with Crippen LogP contribution in [0.3, 0.4) is 0 Å². The van der Waals surface area contributed by atoms with Crippen molar-refractivity contribution in [3.63, 3.8) is 0 Å². The minimum absolute atomic E-state index is 0. The Balaban J connectivity index is 0.000000413. The second-order valence-corrected chi connectivity index (χ2v) is 5.48. The van der Waals surface area contributed by atoms with Crippen LogP contribution in [0.1, 0.15) is 17.5 Å². The molecule has 28 heavy (non-hydrogen) atoms. The molecule has 3 aromatic carbocycles. The van der Waals surface area contributed by atoms with Crippen LogP contribution in [0, 0.1) is 21.5 Å². The van der Waals surface area contributed by atoms with E-state index in [0.29, 0.717) is 0 Å². The second kappa shape index (κ2) is 16.4. The quantitative estimate of drug-likeness (QED) is 0.259. The molecule has 0 amide bonds. The largest absolute Gasteiger partial charge is 0.184 e. The van der Waals surface area contributed by atoms with E-state index in [2.05, 4.69) is 60.7 Å². The van der Waals surface area contributed by atoms with Crippen molar-refractivity contribution >= 4 is 24.8 Å². The number of hydrogen-bond donors (Lipinski definition) is 1. The first kappa shape index (κ1) is 26.4. The number of benzene rings is 3. The van der Waals surface area contributed by atoms with Gasteiger partial charge in [-0.1, -0.05) is 35.4 Å². The molecule has 2 aliphatic rings. The van der Waals surface area contributed by atoms with Crippen LogP contribution < -0.4 is 0 Å². The van der Waals surface area contributed by atoms with Gasteiger partial charge in [0.2, 0.25) is 0 Å². The number of rotatable bonds is 0. The predicted molar refractivity (Wildman–Crippen MR) is 118 cm³/mol. The first-order valence-electron chi connectivity index (χ1n) is 8.41. The smallest absolute Gasteiger partial charge is 0.0253 e. The van der Waals surface area contributed by atoms with E-state index in [1.807, 2.05) is 48.6 Å². The topological polar surface area (TPSA) is 23.9 Å². The van der Waals surface area contributed by atoms with Crippen LogP contribution in [-0.2, 0) is 31.0 Å². The summed E-state index contributed by atoms with van der Waals surface area (Å²) < 4.78 is 5.84. The zero-order chi connectivity index (χ0) is 18.5. The van der Waals surface area contributed by atoms with Crippen molar-refractivity contribution < 1.29 is 24.6 Å². The fourth-order valence-electron chi connectivity index (χ4n) is 2.68. The van der Waals surface area contributed by atoms with Gasteiger partial charge in [0.25, 0.3) is 0 Å². The molecular formula is C24H22Cl2NZr-3. The molecular weight excluding hydrogens is 464 g/mol. The predicted octanol–water partition coefficient (Wildman–Crippen LogP) is 6.99. The standard InChI is InChI=1S/C13H9.C6H5.C5H5.2ClH.HN.Zr/c1-3-7-12-10(5-1)9-11-6-2-4-8-13(11)12;1-2-4-6-5-3-1;1-2-4-5-3-1;;;;/h1-5,7-8H,9H2;1-5H;1-3H,4H2;3*1H;/q3*-1;;;;. The number of halogens is 2. The Morgan fingerprint density at radius 3 is 2.04 bits per heavy atom. The van der Waals surface area contributed by atoms with E-state index in [1.165, 1.54) is 22.3 Å². The van der Waals surface area contributed by atoms with Crippen molar-refractivity contribution in [2.75, 3.05) is 0 Å². The van der Waals surface area contributed by atoms with Crippen molar-refractivity contribution in [3.05, 3.63) is 120 Å². The Kier molecular flexibility index (Phi) is 15.4. The zero-order valence-electron chi connectivity index (χ0n) is 15.4. The summed E-state index contributed by atoms with van der Waals surface area (Å²) in [6, 6.07) is 30.6. The molecule has 0 unspecified atom stereocenters. The van der Waals surface area contributed by atoms with Crippen LogP contribution >= 0.6 is 24.8 Å². The average molecular weight is 487 g/mol. The number of allylic oxidation sites excluding steroid dienone is 4. The molecule has 1 N–H and O–H groups in total. The molecule has 144 valence electrons. The first-order valence-corrected chi connectivity index (χ1v) is 9.64. The maximum atomic E-state index is 5.84. The molecule has 0 spiro atoms. The fourth-order valence-corrected chi connectivity index (χ4v) is 2.68. The van der Waals surface area contributed by atoms with Crippen LogP contribution in [0.2, 0.25) is 0 Å². The van der Waals surface area contributed by atoms with Crippen LogP contribution in [0.15, 0.2) is 91.0 Å². The van der Waals surface area contributed by atoms with Crippen LogP contribution in [-0.4, -0.2) is 0 Å². The molecule has 0 atom stereocenters. The molecule has 0 heterocycles. The van der Waals surface area contributed by atoms with E-state index in [9.17, 15) is 0 Å². The van der Waals surface area contributed by atoms with Gasteiger partial charge in [-0.25, -0.2) is 12.2 Å². The van der Waals surface area contributed by atoms with Gasteiger partial charge >= 0.3 is 27.8 Å². The molecule has 0 saturated heterocycles. The van der Waals surface area contributed by atoms with Crippen molar-refractivity contribution in [1.29, 1.82) is 3.29 Å². The van der Waals surface area contributed by atoms with Gasteiger partial charge in [-0.2, -0.15) is 72.3 Å². The third-order valence-corrected chi connectivity index (χ3v) is 3.81. The maximum absolute atomic E-state index is 5.84. The van der Waals surface area contributed by atoms with Gasteiger partial charge in [-0.3, -0.25) is 6.08 Å². The minimum atomic E-state index is 0. The summed E-state index contributed by atoms with van der Waals surface area (Å²) in [6.45, 7) is 0. The number of fused-ring (bicyclic) bond motifs is 3. The van der Waals surface area contributed by atoms with Gasteiger partial charge < -0.3 is 0 Å². The minimum Gasteiger partial charge on any atom is -0.184 e. The molecule has 0 bridgehead atoms. The Morgan fingerprint density at radius 2 is 1.50 bits per heavy atom. The van der Waals surface area contributed by atoms with Crippen molar-refractivity contribution in [2.24, 2.45) is 0 Å². The second-order valence-electron chi connectivity index (χ2n) is 5.48. The van der Waals surface area contributed by atoms with Gasteiger partial charge in [0.1, 0.15) is 0 Å². The summed E-state index contributed by atoms with van der Waals surface area (Å²) in [5.41, 5.74) is 5.51. The molecule has 4 heteroatoms. The Bertz CT molecular complexity index is 768. The summed E-state index contributed by atoms with van der Waals surface area (Å²) >= 11 is 0.800. The number of hydrogen-bond acceptors (Lipinski definition) is 1. The summed E-state index contributed by atoms with van der Waals surface area (Å²) in [5, 5.41) is 0. The average Bonchev–Trinajstić information content (AvgIpc) is 3.43. The molecule has 2 aliphatic carbocycles. The molecule has 1 nitrogen and oxygen atoms in total. The van der Waals surface area contributed by atoms with E-state index in [1.54, 1.807) is 0 Å². The zero-order valence-corrected chi connectivity index (χ0v) is 19.5. The van der Waals surface area contributed by atoms with Gasteiger partial charge in [0.15, 0.2) is 0 Å². The number of nitrogens with one attached hydrogen (secondary N) is 1. The molecule has 0 radical (unpaired) electrons. The van der Waals surface area contributed by atoms with E-state index >= 15 is 0 Å². The third kappa shape index (κ3) is 8.61. The molecule has 0 aromatic heterocycles. The van der Waals surface area contributed by atoms with Crippen LogP contribution in [0.5, 0.6) is 0 Å². The summed E-state index contributed by atoms with van der Waals surface area (Å²) in [7, 11) is 0. The summed E-state index contributed by atoms with van der Waals surface area (Å²) in [5.74, 6) is 0. The first-order chi connectivity index (χ1) is 12.9. The van der Waals surface area contributed by atoms with Crippen LogP contribution in [0.4, 0.5) is 0 Å². The Morgan fingerprint density at radius 1 is 0.786 bits per heavy atom. The Labute approximate surface area is 196 Å². The SMILES string of the molecule is Cl.Cl.[C-]1=CC=CC1.[NH]=[Zr].[c-]1cccc2c1Cc1ccccc1-2.[c-]1ccccc1. The van der Waals surface area contributed by atoms with Gasteiger partial charge in [-0.15, -0.1) is 36.8 Å². The third-order valence-electron chi connectivity index (χ3n) is 3.81. The van der Waals surface area contributed by atoms with Gasteiger partial charge in [0.05, 0.1) is 0 Å².